The van der Waals surface area contributed by atoms with Crippen LogP contribution in [0.5, 0.6) is 0 Å². The lowest BCUT2D eigenvalue weighted by molar-refractivity contribution is 0.0953. The van der Waals surface area contributed by atoms with Crippen molar-refractivity contribution >= 4 is 5.91 Å². The number of nitrogens with one attached hydrogen (secondary N) is 1. The molecule has 94 valence electrons. The summed E-state index contributed by atoms with van der Waals surface area (Å²) in [5.74, 6) is -0.119. The second-order valence-corrected chi connectivity index (χ2v) is 3.87. The minimum absolute atomic E-state index is 0.297. The predicted molar refractivity (Wildman–Crippen MR) is 63.7 cm³/mol. The van der Waals surface area contributed by atoms with Crippen molar-refractivity contribution in [2.24, 2.45) is 0 Å². The van der Waals surface area contributed by atoms with Gasteiger partial charge in [0.25, 0.3) is 5.91 Å². The lowest BCUT2D eigenvalue weighted by Gasteiger charge is -2.03. The Morgan fingerprint density at radius 2 is 2.33 bits per heavy atom. The summed E-state index contributed by atoms with van der Waals surface area (Å²) in [6.45, 7) is 2.19. The Morgan fingerprint density at radius 3 is 3.00 bits per heavy atom. The van der Waals surface area contributed by atoms with Crippen molar-refractivity contribution in [2.45, 2.75) is 13.3 Å². The average Bonchev–Trinajstić information content (AvgIpc) is 2.75. The van der Waals surface area contributed by atoms with Crippen LogP contribution in [0.15, 0.2) is 34.9 Å². The third kappa shape index (κ3) is 3.16. The van der Waals surface area contributed by atoms with Crippen molar-refractivity contribution in [1.82, 2.24) is 10.3 Å². The smallest absolute Gasteiger partial charge is 0.251 e. The van der Waals surface area contributed by atoms with Gasteiger partial charge in [-0.1, -0.05) is 6.07 Å². The van der Waals surface area contributed by atoms with Crippen LogP contribution in [-0.2, 0) is 6.42 Å². The molecule has 0 bridgehead atoms. The number of halogens is 1. The van der Waals surface area contributed by atoms with Crippen LogP contribution in [0.25, 0.3) is 0 Å². The zero-order valence-electron chi connectivity index (χ0n) is 9.94. The molecule has 0 unspecified atom stereocenters. The molecule has 1 amide bonds. The van der Waals surface area contributed by atoms with E-state index in [0.29, 0.717) is 24.4 Å². The van der Waals surface area contributed by atoms with Gasteiger partial charge in [0, 0.05) is 25.5 Å². The fourth-order valence-electron chi connectivity index (χ4n) is 1.56. The van der Waals surface area contributed by atoms with Gasteiger partial charge in [-0.2, -0.15) is 0 Å². The molecule has 0 radical (unpaired) electrons. The van der Waals surface area contributed by atoms with Gasteiger partial charge in [-0.05, 0) is 18.2 Å². The molecule has 0 spiro atoms. The topological polar surface area (TPSA) is 55.1 Å². The summed E-state index contributed by atoms with van der Waals surface area (Å²) < 4.78 is 18.0. The second kappa shape index (κ2) is 5.44. The van der Waals surface area contributed by atoms with Gasteiger partial charge in [-0.15, -0.1) is 0 Å². The summed E-state index contributed by atoms with van der Waals surface area (Å²) in [4.78, 5) is 15.8. The minimum atomic E-state index is -0.422. The van der Waals surface area contributed by atoms with Crippen molar-refractivity contribution < 1.29 is 13.6 Å². The molecule has 0 aliphatic rings. The van der Waals surface area contributed by atoms with E-state index in [1.807, 2.05) is 0 Å². The Bertz CT molecular complexity index is 551. The van der Waals surface area contributed by atoms with Gasteiger partial charge in [0.15, 0.2) is 5.89 Å². The maximum absolute atomic E-state index is 12.9. The van der Waals surface area contributed by atoms with Crippen LogP contribution in [-0.4, -0.2) is 17.4 Å². The molecule has 1 heterocycles. The fraction of sp³-hybridized carbons (Fsp3) is 0.231. The first-order valence-electron chi connectivity index (χ1n) is 5.60. The van der Waals surface area contributed by atoms with Crippen molar-refractivity contribution in [3.05, 3.63) is 53.5 Å². The number of hydrogen-bond acceptors (Lipinski definition) is 3. The molecule has 0 atom stereocenters. The van der Waals surface area contributed by atoms with E-state index in [1.165, 1.54) is 18.2 Å². The van der Waals surface area contributed by atoms with E-state index in [4.69, 9.17) is 4.42 Å². The summed E-state index contributed by atoms with van der Waals surface area (Å²) in [6.07, 6.45) is 2.14. The van der Waals surface area contributed by atoms with Crippen LogP contribution < -0.4 is 5.32 Å². The van der Waals surface area contributed by atoms with Crippen LogP contribution in [0.3, 0.4) is 0 Å². The molecule has 1 aromatic heterocycles. The average molecular weight is 248 g/mol. The van der Waals surface area contributed by atoms with E-state index < -0.39 is 5.82 Å². The number of oxazole rings is 1. The zero-order chi connectivity index (χ0) is 13.0. The lowest BCUT2D eigenvalue weighted by Crippen LogP contribution is -2.25. The Kier molecular flexibility index (Phi) is 3.72. The van der Waals surface area contributed by atoms with Gasteiger partial charge >= 0.3 is 0 Å². The standard InChI is InChI=1S/C13H13FN2O2/c1-9-16-12(8-18-9)5-6-15-13(17)10-3-2-4-11(14)7-10/h2-4,7-8H,5-6H2,1H3,(H,15,17). The highest BCUT2D eigenvalue weighted by molar-refractivity contribution is 5.94. The number of nitrogens with zero attached hydrogens (tertiary/aromatic N) is 1. The van der Waals surface area contributed by atoms with E-state index in [2.05, 4.69) is 10.3 Å². The van der Waals surface area contributed by atoms with Gasteiger partial charge in [-0.3, -0.25) is 4.79 Å². The first-order valence-corrected chi connectivity index (χ1v) is 5.60. The monoisotopic (exact) mass is 248 g/mol. The Balaban J connectivity index is 1.85. The molecule has 0 aliphatic carbocycles. The van der Waals surface area contributed by atoms with E-state index in [-0.39, 0.29) is 5.91 Å². The molecule has 0 saturated carbocycles. The Labute approximate surface area is 104 Å². The zero-order valence-corrected chi connectivity index (χ0v) is 9.94. The molecule has 2 rings (SSSR count). The number of aryl methyl sites for hydroxylation is 1. The molecule has 1 N–H and O–H groups in total. The van der Waals surface area contributed by atoms with E-state index in [1.54, 1.807) is 19.3 Å². The highest BCUT2D eigenvalue weighted by Crippen LogP contribution is 2.04. The SMILES string of the molecule is Cc1nc(CCNC(=O)c2cccc(F)c2)co1. The molecule has 5 heteroatoms. The number of amides is 1. The molecule has 0 aliphatic heterocycles. The second-order valence-electron chi connectivity index (χ2n) is 3.87. The minimum Gasteiger partial charge on any atom is -0.449 e. The number of carbonyl (C=O) groups is 1. The first kappa shape index (κ1) is 12.3. The summed E-state index contributed by atoms with van der Waals surface area (Å²) in [7, 11) is 0. The summed E-state index contributed by atoms with van der Waals surface area (Å²) in [5, 5.41) is 2.70. The van der Waals surface area contributed by atoms with Gasteiger partial charge in [-0.25, -0.2) is 9.37 Å². The first-order chi connectivity index (χ1) is 8.65. The lowest BCUT2D eigenvalue weighted by atomic mass is 10.2. The van der Waals surface area contributed by atoms with Crippen LogP contribution >= 0.6 is 0 Å². The van der Waals surface area contributed by atoms with Crippen LogP contribution in [0.1, 0.15) is 21.9 Å². The highest BCUT2D eigenvalue weighted by Gasteiger charge is 2.06. The van der Waals surface area contributed by atoms with Crippen LogP contribution in [0.2, 0.25) is 0 Å². The molecule has 0 fully saturated rings. The van der Waals surface area contributed by atoms with Crippen molar-refractivity contribution in [2.75, 3.05) is 6.54 Å². The number of benzene rings is 1. The van der Waals surface area contributed by atoms with Gasteiger partial charge in [0.05, 0.1) is 5.69 Å². The maximum atomic E-state index is 12.9. The summed E-state index contributed by atoms with van der Waals surface area (Å²) in [5.41, 5.74) is 1.10. The Morgan fingerprint density at radius 1 is 1.50 bits per heavy atom. The van der Waals surface area contributed by atoms with Crippen LogP contribution in [0, 0.1) is 12.7 Å². The number of rotatable bonds is 4. The molecule has 1 aromatic carbocycles. The van der Waals surface area contributed by atoms with E-state index in [0.717, 1.165) is 5.69 Å². The third-order valence-electron chi connectivity index (χ3n) is 2.42. The maximum Gasteiger partial charge on any atom is 0.251 e. The normalized spacial score (nSPS) is 10.3. The fourth-order valence-corrected chi connectivity index (χ4v) is 1.56. The van der Waals surface area contributed by atoms with Crippen molar-refractivity contribution in [3.8, 4) is 0 Å². The molecule has 2 aromatic rings. The van der Waals surface area contributed by atoms with Crippen molar-refractivity contribution in [1.29, 1.82) is 0 Å². The van der Waals surface area contributed by atoms with Crippen LogP contribution in [0.4, 0.5) is 4.39 Å². The highest BCUT2D eigenvalue weighted by atomic mass is 19.1. The third-order valence-corrected chi connectivity index (χ3v) is 2.42. The quantitative estimate of drug-likeness (QED) is 0.901. The predicted octanol–water partition coefficient (Wildman–Crippen LogP) is 2.09. The number of aromatic nitrogens is 1. The summed E-state index contributed by atoms with van der Waals surface area (Å²) >= 11 is 0. The van der Waals surface area contributed by atoms with Crippen molar-refractivity contribution in [3.63, 3.8) is 0 Å². The molecular formula is C13H13FN2O2. The molecule has 18 heavy (non-hydrogen) atoms. The molecular weight excluding hydrogens is 235 g/mol. The number of carbonyl (C=O) groups excluding carboxylic acids is 1. The van der Waals surface area contributed by atoms with E-state index >= 15 is 0 Å². The van der Waals surface area contributed by atoms with E-state index in [9.17, 15) is 9.18 Å². The van der Waals surface area contributed by atoms with Gasteiger partial charge < -0.3 is 9.73 Å². The number of hydrogen-bond donors (Lipinski definition) is 1. The van der Waals surface area contributed by atoms with Gasteiger partial charge in [0.1, 0.15) is 12.1 Å². The van der Waals surface area contributed by atoms with Gasteiger partial charge in [0.2, 0.25) is 0 Å². The largest absolute Gasteiger partial charge is 0.449 e. The Hall–Kier alpha value is -2.17. The summed E-state index contributed by atoms with van der Waals surface area (Å²) in [6, 6.07) is 5.58. The molecule has 0 saturated heterocycles. The molecule has 4 nitrogen and oxygen atoms in total.